The van der Waals surface area contributed by atoms with Crippen molar-refractivity contribution in [3.05, 3.63) is 65.2 Å². The van der Waals surface area contributed by atoms with Crippen LogP contribution < -0.4 is 10.6 Å². The lowest BCUT2D eigenvalue weighted by Gasteiger charge is -2.08. The Labute approximate surface area is 128 Å². The topological polar surface area (TPSA) is 58.2 Å². The quantitative estimate of drug-likeness (QED) is 0.670. The van der Waals surface area contributed by atoms with Crippen molar-refractivity contribution in [2.75, 3.05) is 11.9 Å². The summed E-state index contributed by atoms with van der Waals surface area (Å²) in [5, 5.41) is 4.43. The van der Waals surface area contributed by atoms with Gasteiger partial charge in [0.1, 0.15) is 5.82 Å². The van der Waals surface area contributed by atoms with E-state index in [1.807, 2.05) is 0 Å². The molecule has 2 N–H and O–H groups in total. The van der Waals surface area contributed by atoms with Crippen molar-refractivity contribution >= 4 is 17.5 Å². The standard InChI is InChI=1S/C15H10F4N2O2/c16-8-1-3-9(4-2-8)21-12(22)7-20-15(23)10-5-6-11(17)14(19)13(10)18/h1-6H,7H2,(H,20,23)(H,21,22). The molecule has 2 aromatic carbocycles. The van der Waals surface area contributed by atoms with Crippen LogP contribution in [0.3, 0.4) is 0 Å². The van der Waals surface area contributed by atoms with Gasteiger partial charge < -0.3 is 10.6 Å². The number of benzene rings is 2. The Balaban J connectivity index is 1.95. The van der Waals surface area contributed by atoms with Crippen LogP contribution in [-0.4, -0.2) is 18.4 Å². The molecule has 0 fully saturated rings. The van der Waals surface area contributed by atoms with Crippen LogP contribution in [0.1, 0.15) is 10.4 Å². The monoisotopic (exact) mass is 326 g/mol. The lowest BCUT2D eigenvalue weighted by Crippen LogP contribution is -2.33. The van der Waals surface area contributed by atoms with Gasteiger partial charge in [0.15, 0.2) is 17.5 Å². The fraction of sp³-hybridized carbons (Fsp3) is 0.0667. The first-order valence-electron chi connectivity index (χ1n) is 6.35. The first kappa shape index (κ1) is 16.5. The number of hydrogen-bond donors (Lipinski definition) is 2. The Hall–Kier alpha value is -2.90. The first-order chi connectivity index (χ1) is 10.9. The molecular formula is C15H10F4N2O2. The Kier molecular flexibility index (Phi) is 4.95. The van der Waals surface area contributed by atoms with Crippen molar-refractivity contribution in [3.63, 3.8) is 0 Å². The van der Waals surface area contributed by atoms with Gasteiger partial charge in [0.05, 0.1) is 12.1 Å². The maximum atomic E-state index is 13.4. The molecule has 0 spiro atoms. The van der Waals surface area contributed by atoms with Crippen molar-refractivity contribution in [2.24, 2.45) is 0 Å². The van der Waals surface area contributed by atoms with Crippen LogP contribution in [0.15, 0.2) is 36.4 Å². The predicted molar refractivity (Wildman–Crippen MR) is 73.7 cm³/mol. The van der Waals surface area contributed by atoms with E-state index < -0.39 is 47.2 Å². The average molecular weight is 326 g/mol. The van der Waals surface area contributed by atoms with E-state index >= 15 is 0 Å². The molecule has 8 heteroatoms. The molecule has 0 aliphatic rings. The Morgan fingerprint density at radius 3 is 2.17 bits per heavy atom. The smallest absolute Gasteiger partial charge is 0.254 e. The molecular weight excluding hydrogens is 316 g/mol. The van der Waals surface area contributed by atoms with Crippen molar-refractivity contribution < 1.29 is 27.2 Å². The Morgan fingerprint density at radius 2 is 1.52 bits per heavy atom. The summed E-state index contributed by atoms with van der Waals surface area (Å²) < 4.78 is 51.9. The summed E-state index contributed by atoms with van der Waals surface area (Å²) in [5.74, 6) is -7.04. The van der Waals surface area contributed by atoms with Crippen molar-refractivity contribution in [1.29, 1.82) is 0 Å². The van der Waals surface area contributed by atoms with Gasteiger partial charge in [-0.15, -0.1) is 0 Å². The minimum atomic E-state index is -1.77. The maximum Gasteiger partial charge on any atom is 0.254 e. The number of halogens is 4. The predicted octanol–water partition coefficient (Wildman–Crippen LogP) is 2.61. The Morgan fingerprint density at radius 1 is 0.870 bits per heavy atom. The fourth-order valence-corrected chi connectivity index (χ4v) is 1.70. The summed E-state index contributed by atoms with van der Waals surface area (Å²) in [5.41, 5.74) is -0.428. The SMILES string of the molecule is O=C(CNC(=O)c1ccc(F)c(F)c1F)Nc1ccc(F)cc1. The van der Waals surface area contributed by atoms with Gasteiger partial charge in [-0.3, -0.25) is 9.59 Å². The summed E-state index contributed by atoms with van der Waals surface area (Å²) in [6, 6.07) is 6.25. The van der Waals surface area contributed by atoms with E-state index in [9.17, 15) is 27.2 Å². The molecule has 0 heterocycles. The molecule has 2 rings (SSSR count). The number of carbonyl (C=O) groups is 2. The summed E-state index contributed by atoms with van der Waals surface area (Å²) in [6.45, 7) is -0.533. The molecule has 0 bridgehead atoms. The van der Waals surface area contributed by atoms with Gasteiger partial charge in [-0.1, -0.05) is 0 Å². The second-order valence-electron chi connectivity index (χ2n) is 4.46. The zero-order chi connectivity index (χ0) is 17.0. The number of hydrogen-bond acceptors (Lipinski definition) is 2. The van der Waals surface area contributed by atoms with Crippen LogP contribution in [0.5, 0.6) is 0 Å². The number of nitrogens with one attached hydrogen (secondary N) is 2. The molecule has 0 atom stereocenters. The second kappa shape index (κ2) is 6.91. The van der Waals surface area contributed by atoms with Crippen LogP contribution in [-0.2, 0) is 4.79 Å². The number of rotatable bonds is 4. The van der Waals surface area contributed by atoms with E-state index in [2.05, 4.69) is 10.6 Å². The highest BCUT2D eigenvalue weighted by Gasteiger charge is 2.19. The highest BCUT2D eigenvalue weighted by atomic mass is 19.2. The van der Waals surface area contributed by atoms with Crippen molar-refractivity contribution in [3.8, 4) is 0 Å². The molecule has 0 radical (unpaired) electrons. The molecule has 120 valence electrons. The zero-order valence-corrected chi connectivity index (χ0v) is 11.5. The van der Waals surface area contributed by atoms with Gasteiger partial charge in [-0.05, 0) is 36.4 Å². The van der Waals surface area contributed by atoms with Gasteiger partial charge in [-0.25, -0.2) is 17.6 Å². The highest BCUT2D eigenvalue weighted by Crippen LogP contribution is 2.15. The molecule has 2 amide bonds. The summed E-state index contributed by atoms with van der Waals surface area (Å²) >= 11 is 0. The lowest BCUT2D eigenvalue weighted by atomic mass is 10.2. The van der Waals surface area contributed by atoms with E-state index in [1.165, 1.54) is 12.1 Å². The maximum absolute atomic E-state index is 13.4. The van der Waals surface area contributed by atoms with Crippen LogP contribution in [0, 0.1) is 23.3 Å². The molecule has 0 saturated carbocycles. The van der Waals surface area contributed by atoms with Crippen LogP contribution >= 0.6 is 0 Å². The fourth-order valence-electron chi connectivity index (χ4n) is 1.70. The van der Waals surface area contributed by atoms with Gasteiger partial charge >= 0.3 is 0 Å². The largest absolute Gasteiger partial charge is 0.343 e. The average Bonchev–Trinajstić information content (AvgIpc) is 2.53. The molecule has 0 aliphatic heterocycles. The van der Waals surface area contributed by atoms with E-state index in [4.69, 9.17) is 0 Å². The summed E-state index contributed by atoms with van der Waals surface area (Å²) in [7, 11) is 0. The molecule has 4 nitrogen and oxygen atoms in total. The summed E-state index contributed by atoms with van der Waals surface area (Å²) in [4.78, 5) is 23.3. The van der Waals surface area contributed by atoms with Crippen molar-refractivity contribution in [1.82, 2.24) is 5.32 Å². The second-order valence-corrected chi connectivity index (χ2v) is 4.46. The molecule has 0 aliphatic carbocycles. The van der Waals surface area contributed by atoms with Gasteiger partial charge in [0, 0.05) is 5.69 Å². The normalized spacial score (nSPS) is 10.3. The van der Waals surface area contributed by atoms with Gasteiger partial charge in [0.25, 0.3) is 5.91 Å². The summed E-state index contributed by atoms with van der Waals surface area (Å²) in [6.07, 6.45) is 0. The molecule has 0 saturated heterocycles. The number of amides is 2. The van der Waals surface area contributed by atoms with Crippen LogP contribution in [0.2, 0.25) is 0 Å². The Bertz CT molecular complexity index is 748. The van der Waals surface area contributed by atoms with Gasteiger partial charge in [0.2, 0.25) is 5.91 Å². The van der Waals surface area contributed by atoms with Crippen LogP contribution in [0.4, 0.5) is 23.2 Å². The minimum absolute atomic E-state index is 0.296. The molecule has 0 aromatic heterocycles. The number of anilines is 1. The molecule has 23 heavy (non-hydrogen) atoms. The first-order valence-corrected chi connectivity index (χ1v) is 6.35. The minimum Gasteiger partial charge on any atom is -0.343 e. The number of carbonyl (C=O) groups excluding carboxylic acids is 2. The van der Waals surface area contributed by atoms with E-state index in [0.717, 1.165) is 18.2 Å². The van der Waals surface area contributed by atoms with E-state index in [0.29, 0.717) is 11.8 Å². The van der Waals surface area contributed by atoms with Crippen molar-refractivity contribution in [2.45, 2.75) is 0 Å². The third-order valence-corrected chi connectivity index (χ3v) is 2.82. The lowest BCUT2D eigenvalue weighted by molar-refractivity contribution is -0.115. The van der Waals surface area contributed by atoms with Gasteiger partial charge in [-0.2, -0.15) is 0 Å². The third kappa shape index (κ3) is 4.06. The zero-order valence-electron chi connectivity index (χ0n) is 11.5. The van der Waals surface area contributed by atoms with Crippen LogP contribution in [0.25, 0.3) is 0 Å². The van der Waals surface area contributed by atoms with E-state index in [1.54, 1.807) is 0 Å². The third-order valence-electron chi connectivity index (χ3n) is 2.82. The van der Waals surface area contributed by atoms with E-state index in [-0.39, 0.29) is 0 Å². The molecule has 0 unspecified atom stereocenters. The molecule has 2 aromatic rings. The highest BCUT2D eigenvalue weighted by molar-refractivity contribution is 5.99.